The SMILES string of the molecule is COc1ccc([C@@H]2CN(C(=O)c3ccc[nH]c3=O)[C@@H]3C4CCN(CC4)[C@@H]32)cc1. The number of H-pyrrole nitrogens is 1. The average Bonchev–Trinajstić information content (AvgIpc) is 3.17. The van der Waals surface area contributed by atoms with Crippen LogP contribution in [0.2, 0.25) is 0 Å². The molecule has 28 heavy (non-hydrogen) atoms. The van der Waals surface area contributed by atoms with Crippen LogP contribution in [0.25, 0.3) is 0 Å². The Labute approximate surface area is 164 Å². The molecule has 0 radical (unpaired) electrons. The van der Waals surface area contributed by atoms with Crippen molar-refractivity contribution < 1.29 is 9.53 Å². The highest BCUT2D eigenvalue weighted by atomic mass is 16.5. The molecule has 1 N–H and O–H groups in total. The molecule has 0 unspecified atom stereocenters. The quantitative estimate of drug-likeness (QED) is 0.887. The largest absolute Gasteiger partial charge is 0.497 e. The zero-order valence-electron chi connectivity index (χ0n) is 16.0. The summed E-state index contributed by atoms with van der Waals surface area (Å²) in [4.78, 5) is 32.8. The van der Waals surface area contributed by atoms with Gasteiger partial charge in [-0.2, -0.15) is 0 Å². The molecule has 5 heterocycles. The Balaban J connectivity index is 1.52. The molecule has 4 fully saturated rings. The number of piperidine rings is 3. The number of nitrogens with one attached hydrogen (secondary N) is 1. The van der Waals surface area contributed by atoms with Crippen LogP contribution in [0, 0.1) is 5.92 Å². The third-order valence-corrected chi connectivity index (χ3v) is 6.85. The van der Waals surface area contributed by atoms with Gasteiger partial charge in [0.15, 0.2) is 0 Å². The number of likely N-dealkylation sites (tertiary alicyclic amines) is 1. The van der Waals surface area contributed by atoms with E-state index >= 15 is 0 Å². The zero-order valence-corrected chi connectivity index (χ0v) is 16.0. The Kier molecular flexibility index (Phi) is 4.23. The van der Waals surface area contributed by atoms with E-state index < -0.39 is 0 Å². The van der Waals surface area contributed by atoms with Gasteiger partial charge in [-0.25, -0.2) is 0 Å². The fourth-order valence-electron chi connectivity index (χ4n) is 5.54. The maximum absolute atomic E-state index is 13.3. The maximum Gasteiger partial charge on any atom is 0.260 e. The van der Waals surface area contributed by atoms with E-state index in [4.69, 9.17) is 4.74 Å². The van der Waals surface area contributed by atoms with Crippen molar-refractivity contribution in [1.29, 1.82) is 0 Å². The normalized spacial score (nSPS) is 30.9. The lowest BCUT2D eigenvalue weighted by atomic mass is 9.75. The number of benzene rings is 1. The lowest BCUT2D eigenvalue weighted by Crippen LogP contribution is -2.60. The molecule has 1 aromatic heterocycles. The minimum absolute atomic E-state index is 0.137. The Morgan fingerprint density at radius 3 is 2.54 bits per heavy atom. The fraction of sp³-hybridized carbons (Fsp3) is 0.455. The first-order valence-electron chi connectivity index (χ1n) is 10.0. The van der Waals surface area contributed by atoms with E-state index in [0.29, 0.717) is 18.5 Å². The number of aromatic amines is 1. The Morgan fingerprint density at radius 1 is 1.11 bits per heavy atom. The van der Waals surface area contributed by atoms with Crippen LogP contribution in [0.15, 0.2) is 47.4 Å². The molecule has 6 nitrogen and oxygen atoms in total. The van der Waals surface area contributed by atoms with Gasteiger partial charge >= 0.3 is 0 Å². The van der Waals surface area contributed by atoms with E-state index in [1.54, 1.807) is 25.4 Å². The number of amides is 1. The summed E-state index contributed by atoms with van der Waals surface area (Å²) in [5.41, 5.74) is 1.17. The summed E-state index contributed by atoms with van der Waals surface area (Å²) < 4.78 is 5.31. The molecule has 6 heteroatoms. The van der Waals surface area contributed by atoms with Gasteiger partial charge < -0.3 is 14.6 Å². The van der Waals surface area contributed by atoms with Gasteiger partial charge in [-0.05, 0) is 61.7 Å². The van der Waals surface area contributed by atoms with Crippen LogP contribution >= 0.6 is 0 Å². The van der Waals surface area contributed by atoms with Gasteiger partial charge in [0, 0.05) is 24.7 Å². The highest BCUT2D eigenvalue weighted by molar-refractivity contribution is 5.94. The number of aromatic nitrogens is 1. The molecule has 4 aliphatic heterocycles. The van der Waals surface area contributed by atoms with Gasteiger partial charge in [-0.3, -0.25) is 14.5 Å². The number of fused-ring (bicyclic) bond motifs is 2. The van der Waals surface area contributed by atoms with Gasteiger partial charge in [0.1, 0.15) is 11.3 Å². The molecule has 146 valence electrons. The number of hydrogen-bond donors (Lipinski definition) is 1. The Morgan fingerprint density at radius 2 is 1.86 bits per heavy atom. The molecule has 3 atom stereocenters. The molecule has 0 spiro atoms. The summed E-state index contributed by atoms with van der Waals surface area (Å²) in [7, 11) is 1.67. The second-order valence-electron chi connectivity index (χ2n) is 8.10. The van der Waals surface area contributed by atoms with Gasteiger partial charge in [-0.15, -0.1) is 0 Å². The Bertz CT molecular complexity index is 931. The number of carbonyl (C=O) groups excluding carboxylic acids is 1. The first-order valence-corrected chi connectivity index (χ1v) is 10.0. The maximum atomic E-state index is 13.3. The van der Waals surface area contributed by atoms with Crippen LogP contribution in [0.3, 0.4) is 0 Å². The van der Waals surface area contributed by atoms with Gasteiger partial charge in [0.2, 0.25) is 0 Å². The topological polar surface area (TPSA) is 65.6 Å². The summed E-state index contributed by atoms with van der Waals surface area (Å²) in [6, 6.07) is 12.1. The number of ether oxygens (including phenoxy) is 1. The second-order valence-corrected chi connectivity index (χ2v) is 8.10. The van der Waals surface area contributed by atoms with Crippen LogP contribution in [0.5, 0.6) is 5.75 Å². The molecule has 2 aromatic rings. The number of rotatable bonds is 3. The van der Waals surface area contributed by atoms with E-state index in [1.165, 1.54) is 5.56 Å². The van der Waals surface area contributed by atoms with Crippen molar-refractivity contribution in [2.24, 2.45) is 5.92 Å². The monoisotopic (exact) mass is 379 g/mol. The Hall–Kier alpha value is -2.60. The van der Waals surface area contributed by atoms with Gasteiger partial charge in [0.25, 0.3) is 11.5 Å². The third-order valence-electron chi connectivity index (χ3n) is 6.85. The van der Waals surface area contributed by atoms with Crippen molar-refractivity contribution in [3.8, 4) is 5.75 Å². The molecule has 4 saturated heterocycles. The molecule has 0 saturated carbocycles. The summed E-state index contributed by atoms with van der Waals surface area (Å²) >= 11 is 0. The van der Waals surface area contributed by atoms with Gasteiger partial charge in [0.05, 0.1) is 13.2 Å². The summed E-state index contributed by atoms with van der Waals surface area (Å²) in [6.07, 6.45) is 3.83. The fourth-order valence-corrected chi connectivity index (χ4v) is 5.54. The lowest BCUT2D eigenvalue weighted by molar-refractivity contribution is -0.00346. The van der Waals surface area contributed by atoms with E-state index in [9.17, 15) is 9.59 Å². The smallest absolute Gasteiger partial charge is 0.260 e. The lowest BCUT2D eigenvalue weighted by Gasteiger charge is -2.51. The third kappa shape index (κ3) is 2.66. The van der Waals surface area contributed by atoms with E-state index in [-0.39, 0.29) is 29.0 Å². The molecule has 6 rings (SSSR count). The van der Waals surface area contributed by atoms with Crippen LogP contribution < -0.4 is 10.3 Å². The second kappa shape index (κ2) is 6.78. The number of pyridine rings is 1. The van der Waals surface area contributed by atoms with Crippen molar-refractivity contribution >= 4 is 5.91 Å². The van der Waals surface area contributed by atoms with Crippen molar-refractivity contribution in [3.05, 3.63) is 64.1 Å². The number of hydrogen-bond acceptors (Lipinski definition) is 4. The molecule has 1 amide bonds. The highest BCUT2D eigenvalue weighted by Gasteiger charge is 2.54. The molecule has 0 aliphatic carbocycles. The van der Waals surface area contributed by atoms with E-state index in [0.717, 1.165) is 31.7 Å². The van der Waals surface area contributed by atoms with Crippen molar-refractivity contribution in [3.63, 3.8) is 0 Å². The summed E-state index contributed by atoms with van der Waals surface area (Å²) in [6.45, 7) is 2.86. The molecule has 1 aromatic carbocycles. The first kappa shape index (κ1) is 17.5. The molecule has 2 bridgehead atoms. The van der Waals surface area contributed by atoms with Crippen molar-refractivity contribution in [2.75, 3.05) is 26.7 Å². The van der Waals surface area contributed by atoms with Crippen molar-refractivity contribution in [1.82, 2.24) is 14.8 Å². The summed E-state index contributed by atoms with van der Waals surface area (Å²) in [5.74, 6) is 1.48. The van der Waals surface area contributed by atoms with Crippen LogP contribution in [0.1, 0.15) is 34.7 Å². The molecular weight excluding hydrogens is 354 g/mol. The van der Waals surface area contributed by atoms with E-state index in [2.05, 4.69) is 22.0 Å². The molecular formula is C22H25N3O3. The minimum atomic E-state index is -0.307. The predicted octanol–water partition coefficient (Wildman–Crippen LogP) is 2.09. The molecule has 4 aliphatic rings. The first-order chi connectivity index (χ1) is 13.7. The number of carbonyl (C=O) groups is 1. The predicted molar refractivity (Wildman–Crippen MR) is 106 cm³/mol. The average molecular weight is 379 g/mol. The van der Waals surface area contributed by atoms with Crippen LogP contribution in [-0.4, -0.2) is 59.5 Å². The van der Waals surface area contributed by atoms with E-state index in [1.807, 2.05) is 17.0 Å². The summed E-state index contributed by atoms with van der Waals surface area (Å²) in [5, 5.41) is 0. The zero-order chi connectivity index (χ0) is 19.3. The number of methoxy groups -OCH3 is 1. The van der Waals surface area contributed by atoms with Gasteiger partial charge in [-0.1, -0.05) is 12.1 Å². The standard InChI is InChI=1S/C22H25N3O3/c1-28-16-6-4-14(5-7-16)18-13-25(22(27)17-3-2-10-23-21(17)26)19-15-8-11-24(12-9-15)20(18)19/h2-7,10,15,18-20H,8-9,11-13H2,1H3,(H,23,26)/t18-,19+,20+/m0/s1. The minimum Gasteiger partial charge on any atom is -0.497 e. The van der Waals surface area contributed by atoms with Crippen LogP contribution in [-0.2, 0) is 0 Å². The number of nitrogens with zero attached hydrogens (tertiary/aromatic N) is 2. The van der Waals surface area contributed by atoms with Crippen molar-refractivity contribution in [2.45, 2.75) is 30.8 Å². The highest BCUT2D eigenvalue weighted by Crippen LogP contribution is 2.47. The van der Waals surface area contributed by atoms with Crippen LogP contribution in [0.4, 0.5) is 0 Å².